The first-order valence-electron chi connectivity index (χ1n) is 8.39. The van der Waals surface area contributed by atoms with E-state index in [1.54, 1.807) is 0 Å². The van der Waals surface area contributed by atoms with Gasteiger partial charge in [-0.25, -0.2) is 0 Å². The van der Waals surface area contributed by atoms with Crippen LogP contribution < -0.4 is 5.32 Å². The molecular weight excluding hydrogens is 242 g/mol. The average Bonchev–Trinajstić information content (AvgIpc) is 2.47. The van der Waals surface area contributed by atoms with Gasteiger partial charge in [-0.1, -0.05) is 65.0 Å². The number of nitrogens with one attached hydrogen (secondary N) is 1. The minimum atomic E-state index is 0.265. The summed E-state index contributed by atoms with van der Waals surface area (Å²) in [6, 6.07) is 11.7. The topological polar surface area (TPSA) is 12.0 Å². The summed E-state index contributed by atoms with van der Waals surface area (Å²) >= 11 is 0. The number of benzene rings is 1. The molecule has 20 heavy (non-hydrogen) atoms. The highest BCUT2D eigenvalue weighted by atomic mass is 14.9. The Morgan fingerprint density at radius 1 is 1.00 bits per heavy atom. The molecule has 0 bridgehead atoms. The highest BCUT2D eigenvalue weighted by Gasteiger charge is 2.37. The van der Waals surface area contributed by atoms with Crippen molar-refractivity contribution in [2.45, 2.75) is 71.8 Å². The fourth-order valence-electron chi connectivity index (χ4n) is 3.42. The van der Waals surface area contributed by atoms with Crippen molar-refractivity contribution >= 4 is 0 Å². The van der Waals surface area contributed by atoms with E-state index in [9.17, 15) is 0 Å². The van der Waals surface area contributed by atoms with Crippen molar-refractivity contribution in [3.8, 4) is 0 Å². The summed E-state index contributed by atoms with van der Waals surface area (Å²) < 4.78 is 0. The summed E-state index contributed by atoms with van der Waals surface area (Å²) in [5.74, 6) is 0.727. The van der Waals surface area contributed by atoms with Crippen molar-refractivity contribution in [3.05, 3.63) is 35.9 Å². The summed E-state index contributed by atoms with van der Waals surface area (Å²) in [6.45, 7) is 12.7. The molecule has 0 fully saturated rings. The molecule has 1 N–H and O–H groups in total. The Morgan fingerprint density at radius 2 is 1.60 bits per heavy atom. The van der Waals surface area contributed by atoms with Crippen molar-refractivity contribution in [2.75, 3.05) is 6.54 Å². The molecule has 1 aromatic rings. The molecule has 0 aliphatic heterocycles. The molecule has 1 nitrogen and oxygen atoms in total. The molecule has 0 radical (unpaired) electrons. The minimum Gasteiger partial charge on any atom is -0.313 e. The molecule has 1 aromatic carbocycles. The first-order valence-corrected chi connectivity index (χ1v) is 8.39. The molecule has 0 aliphatic rings. The Morgan fingerprint density at radius 3 is 2.05 bits per heavy atom. The maximum atomic E-state index is 3.84. The number of hydrogen-bond donors (Lipinski definition) is 1. The van der Waals surface area contributed by atoms with Gasteiger partial charge in [0, 0.05) is 11.5 Å². The molecule has 0 heterocycles. The monoisotopic (exact) mass is 275 g/mol. The Hall–Kier alpha value is -0.820. The van der Waals surface area contributed by atoms with Crippen molar-refractivity contribution in [1.82, 2.24) is 5.32 Å². The summed E-state index contributed by atoms with van der Waals surface area (Å²) in [5, 5.41) is 3.84. The molecule has 0 saturated carbocycles. The highest BCUT2D eigenvalue weighted by Crippen LogP contribution is 2.37. The zero-order valence-electron chi connectivity index (χ0n) is 14.1. The number of rotatable bonds is 9. The third kappa shape index (κ3) is 4.09. The normalized spacial score (nSPS) is 13.7. The van der Waals surface area contributed by atoms with E-state index in [1.807, 2.05) is 0 Å². The van der Waals surface area contributed by atoms with Gasteiger partial charge in [0.1, 0.15) is 0 Å². The van der Waals surface area contributed by atoms with Crippen LogP contribution in [0, 0.1) is 5.92 Å². The van der Waals surface area contributed by atoms with Gasteiger partial charge in [-0.3, -0.25) is 0 Å². The largest absolute Gasteiger partial charge is 0.313 e. The van der Waals surface area contributed by atoms with Crippen LogP contribution in [-0.4, -0.2) is 12.6 Å². The van der Waals surface area contributed by atoms with E-state index in [-0.39, 0.29) is 5.41 Å². The van der Waals surface area contributed by atoms with Crippen LogP contribution >= 0.6 is 0 Å². The minimum absolute atomic E-state index is 0.265. The molecule has 1 atom stereocenters. The van der Waals surface area contributed by atoms with E-state index in [4.69, 9.17) is 0 Å². The molecule has 0 saturated heterocycles. The van der Waals surface area contributed by atoms with E-state index in [1.165, 1.54) is 31.2 Å². The summed E-state index contributed by atoms with van der Waals surface area (Å²) in [5.41, 5.74) is 1.76. The van der Waals surface area contributed by atoms with Crippen molar-refractivity contribution < 1.29 is 0 Å². The van der Waals surface area contributed by atoms with Crippen LogP contribution in [0.5, 0.6) is 0 Å². The Balaban J connectivity index is 3.11. The van der Waals surface area contributed by atoms with Crippen LogP contribution in [-0.2, 0) is 5.41 Å². The van der Waals surface area contributed by atoms with E-state index >= 15 is 0 Å². The van der Waals surface area contributed by atoms with Gasteiger partial charge in [0.05, 0.1) is 0 Å². The van der Waals surface area contributed by atoms with Gasteiger partial charge in [-0.2, -0.15) is 0 Å². The second kappa shape index (κ2) is 8.46. The van der Waals surface area contributed by atoms with Crippen LogP contribution in [0.3, 0.4) is 0 Å². The second-order valence-corrected chi connectivity index (χ2v) is 6.37. The lowest BCUT2D eigenvalue weighted by atomic mass is 9.68. The molecule has 114 valence electrons. The maximum absolute atomic E-state index is 3.84. The van der Waals surface area contributed by atoms with E-state index in [0.717, 1.165) is 12.5 Å². The predicted octanol–water partition coefficient (Wildman–Crippen LogP) is 5.16. The fraction of sp³-hybridized carbons (Fsp3) is 0.684. The van der Waals surface area contributed by atoms with Crippen LogP contribution in [0.15, 0.2) is 30.3 Å². The Bertz CT molecular complexity index is 351. The van der Waals surface area contributed by atoms with Crippen LogP contribution in [0.25, 0.3) is 0 Å². The lowest BCUT2D eigenvalue weighted by Crippen LogP contribution is -2.49. The van der Waals surface area contributed by atoms with Crippen molar-refractivity contribution in [2.24, 2.45) is 5.92 Å². The number of hydrogen-bond acceptors (Lipinski definition) is 1. The average molecular weight is 275 g/mol. The van der Waals surface area contributed by atoms with E-state index in [0.29, 0.717) is 6.04 Å². The molecule has 0 spiro atoms. The van der Waals surface area contributed by atoms with Crippen LogP contribution in [0.2, 0.25) is 0 Å². The molecular formula is C19H33N. The van der Waals surface area contributed by atoms with Crippen LogP contribution in [0.4, 0.5) is 0 Å². The molecule has 0 aromatic heterocycles. The molecule has 1 heteroatoms. The Kier molecular flexibility index (Phi) is 7.29. The van der Waals surface area contributed by atoms with Crippen molar-refractivity contribution in [1.29, 1.82) is 0 Å². The molecule has 0 aliphatic carbocycles. The van der Waals surface area contributed by atoms with Gasteiger partial charge >= 0.3 is 0 Å². The Labute approximate surface area is 126 Å². The maximum Gasteiger partial charge on any atom is 0.0166 e. The lowest BCUT2D eigenvalue weighted by molar-refractivity contribution is 0.239. The first kappa shape index (κ1) is 17.2. The molecule has 0 amide bonds. The van der Waals surface area contributed by atoms with Gasteiger partial charge in [0.2, 0.25) is 0 Å². The lowest BCUT2D eigenvalue weighted by Gasteiger charge is -2.42. The third-order valence-corrected chi connectivity index (χ3v) is 4.63. The summed E-state index contributed by atoms with van der Waals surface area (Å²) in [7, 11) is 0. The SMILES string of the molecule is CCCNC(CC(C)C)C(CC)(CC)c1ccccc1. The van der Waals surface area contributed by atoms with Gasteiger partial charge in [-0.15, -0.1) is 0 Å². The van der Waals surface area contributed by atoms with E-state index in [2.05, 4.69) is 70.3 Å². The van der Waals surface area contributed by atoms with Gasteiger partial charge in [0.15, 0.2) is 0 Å². The fourth-order valence-corrected chi connectivity index (χ4v) is 3.42. The highest BCUT2D eigenvalue weighted by molar-refractivity contribution is 5.27. The second-order valence-electron chi connectivity index (χ2n) is 6.37. The van der Waals surface area contributed by atoms with E-state index < -0.39 is 0 Å². The first-order chi connectivity index (χ1) is 9.60. The summed E-state index contributed by atoms with van der Waals surface area (Å²) in [6.07, 6.45) is 4.84. The summed E-state index contributed by atoms with van der Waals surface area (Å²) in [4.78, 5) is 0. The predicted molar refractivity (Wildman–Crippen MR) is 90.2 cm³/mol. The smallest absolute Gasteiger partial charge is 0.0166 e. The molecule has 1 rings (SSSR count). The standard InChI is InChI=1S/C19H33N/c1-6-14-20-18(15-16(4)5)19(7-2,8-3)17-12-10-9-11-13-17/h9-13,16,18,20H,6-8,14-15H2,1-5H3. The third-order valence-electron chi connectivity index (χ3n) is 4.63. The zero-order chi connectivity index (χ0) is 15.0. The zero-order valence-corrected chi connectivity index (χ0v) is 14.1. The van der Waals surface area contributed by atoms with Crippen molar-refractivity contribution in [3.63, 3.8) is 0 Å². The van der Waals surface area contributed by atoms with Crippen LogP contribution in [0.1, 0.15) is 65.9 Å². The quantitative estimate of drug-likeness (QED) is 0.656. The molecule has 1 unspecified atom stereocenters. The van der Waals surface area contributed by atoms with Gasteiger partial charge in [0.25, 0.3) is 0 Å². The van der Waals surface area contributed by atoms with Gasteiger partial charge in [-0.05, 0) is 43.7 Å². The van der Waals surface area contributed by atoms with Gasteiger partial charge < -0.3 is 5.32 Å².